The number of benzene rings is 1. The largest absolute Gasteiger partial charge is 0.354 e. The van der Waals surface area contributed by atoms with Crippen LogP contribution >= 0.6 is 0 Å². The summed E-state index contributed by atoms with van der Waals surface area (Å²) in [6.45, 7) is 1.24. The van der Waals surface area contributed by atoms with Crippen LogP contribution in [0, 0.1) is 5.92 Å². The van der Waals surface area contributed by atoms with Crippen LogP contribution in [0.5, 0.6) is 0 Å². The summed E-state index contributed by atoms with van der Waals surface area (Å²) < 4.78 is 2.32. The number of nitrogens with zero attached hydrogens (tertiary/aromatic N) is 1. The third kappa shape index (κ3) is 4.79. The van der Waals surface area contributed by atoms with Gasteiger partial charge in [0.25, 0.3) is 0 Å². The molecule has 1 heteroatoms. The summed E-state index contributed by atoms with van der Waals surface area (Å²) in [5.41, 5.74) is 0. The maximum absolute atomic E-state index is 2.32. The van der Waals surface area contributed by atoms with Gasteiger partial charge in [0.2, 0.25) is 0 Å². The second-order valence-electron chi connectivity index (χ2n) is 5.04. The minimum atomic E-state index is 0.950. The van der Waals surface area contributed by atoms with E-state index >= 15 is 0 Å². The third-order valence-corrected chi connectivity index (χ3v) is 3.53. The van der Waals surface area contributed by atoms with Crippen LogP contribution in [0.3, 0.4) is 0 Å². The predicted molar refractivity (Wildman–Crippen MR) is 77.4 cm³/mol. The minimum absolute atomic E-state index is 0.950. The number of aromatic nitrogens is 1. The molecule has 0 spiro atoms. The van der Waals surface area contributed by atoms with Gasteiger partial charge in [-0.25, -0.2) is 0 Å². The first-order valence-electron chi connectivity index (χ1n) is 7.06. The molecule has 0 bridgehead atoms. The summed E-state index contributed by atoms with van der Waals surface area (Å²) in [7, 11) is 0. The summed E-state index contributed by atoms with van der Waals surface area (Å²) in [6, 6.07) is 16.2. The van der Waals surface area contributed by atoms with Crippen LogP contribution in [-0.4, -0.2) is 4.57 Å². The highest BCUT2D eigenvalue weighted by atomic mass is 14.9. The maximum Gasteiger partial charge on any atom is 0.0247 e. The molecule has 2 aromatic rings. The smallest absolute Gasteiger partial charge is 0.0247 e. The average Bonchev–Trinajstić information content (AvgIpc) is 2.96. The minimum Gasteiger partial charge on any atom is -0.354 e. The molecule has 1 nitrogen and oxygen atoms in total. The lowest BCUT2D eigenvalue weighted by Crippen LogP contribution is -2.12. The highest BCUT2D eigenvalue weighted by Gasteiger charge is 2.12. The molecule has 0 radical (unpaired) electrons. The molecule has 18 heavy (non-hydrogen) atoms. The number of hydrogen-bond donors (Lipinski definition) is 0. The van der Waals surface area contributed by atoms with E-state index in [4.69, 9.17) is 0 Å². The zero-order valence-corrected chi connectivity index (χ0v) is 11.0. The lowest BCUT2D eigenvalue weighted by atomic mass is 9.89. The molecule has 1 aromatic carbocycles. The van der Waals surface area contributed by atoms with E-state index in [1.165, 1.54) is 38.6 Å². The average molecular weight is 241 g/mol. The van der Waals surface area contributed by atoms with Crippen molar-refractivity contribution in [2.45, 2.75) is 38.6 Å². The normalized spacial score (nSPS) is 15.8. The lowest BCUT2D eigenvalue weighted by Gasteiger charge is -2.21. The lowest BCUT2D eigenvalue weighted by molar-refractivity contribution is 0.319. The van der Waals surface area contributed by atoms with E-state index in [0.717, 1.165) is 5.92 Å². The van der Waals surface area contributed by atoms with Gasteiger partial charge in [-0.2, -0.15) is 0 Å². The molecule has 1 fully saturated rings. The first-order chi connectivity index (χ1) is 8.95. The molecular weight excluding hydrogens is 218 g/mol. The van der Waals surface area contributed by atoms with Crippen LogP contribution in [-0.2, 0) is 6.54 Å². The number of hydrogen-bond acceptors (Lipinski definition) is 0. The Morgan fingerprint density at radius 1 is 0.667 bits per heavy atom. The molecule has 1 saturated carbocycles. The van der Waals surface area contributed by atoms with Gasteiger partial charge in [-0.1, -0.05) is 55.7 Å². The van der Waals surface area contributed by atoms with Gasteiger partial charge in [0, 0.05) is 18.9 Å². The van der Waals surface area contributed by atoms with Gasteiger partial charge in [0.15, 0.2) is 0 Å². The van der Waals surface area contributed by atoms with E-state index in [0.29, 0.717) is 0 Å². The molecule has 0 unspecified atom stereocenters. The Hall–Kier alpha value is -1.50. The fourth-order valence-electron chi connectivity index (χ4n) is 2.54. The fourth-order valence-corrected chi connectivity index (χ4v) is 2.54. The van der Waals surface area contributed by atoms with Gasteiger partial charge >= 0.3 is 0 Å². The van der Waals surface area contributed by atoms with Crippen LogP contribution < -0.4 is 0 Å². The molecule has 96 valence electrons. The van der Waals surface area contributed by atoms with Crippen molar-refractivity contribution in [1.29, 1.82) is 0 Å². The van der Waals surface area contributed by atoms with Crippen molar-refractivity contribution in [1.82, 2.24) is 4.57 Å². The molecule has 0 atom stereocenters. The van der Waals surface area contributed by atoms with Crippen molar-refractivity contribution in [3.63, 3.8) is 0 Å². The van der Waals surface area contributed by atoms with Crippen molar-refractivity contribution in [3.8, 4) is 0 Å². The molecule has 3 rings (SSSR count). The van der Waals surface area contributed by atoms with E-state index in [9.17, 15) is 0 Å². The topological polar surface area (TPSA) is 4.93 Å². The van der Waals surface area contributed by atoms with Gasteiger partial charge in [0.1, 0.15) is 0 Å². The summed E-state index contributed by atoms with van der Waals surface area (Å²) in [6.07, 6.45) is 11.6. The van der Waals surface area contributed by atoms with Crippen molar-refractivity contribution < 1.29 is 0 Å². The summed E-state index contributed by atoms with van der Waals surface area (Å²) in [5, 5.41) is 0. The first-order valence-corrected chi connectivity index (χ1v) is 7.06. The highest BCUT2D eigenvalue weighted by molar-refractivity contribution is 4.99. The molecule has 1 aliphatic carbocycles. The van der Waals surface area contributed by atoms with E-state index in [1.54, 1.807) is 0 Å². The van der Waals surface area contributed by atoms with E-state index in [-0.39, 0.29) is 0 Å². The molecule has 1 aliphatic rings. The molecule has 1 heterocycles. The quantitative estimate of drug-likeness (QED) is 0.714. The Balaban J connectivity index is 0.000000169. The van der Waals surface area contributed by atoms with Crippen LogP contribution in [0.2, 0.25) is 0 Å². The summed E-state index contributed by atoms with van der Waals surface area (Å²) in [5.74, 6) is 0.950. The molecule has 1 aromatic heterocycles. The van der Waals surface area contributed by atoms with Gasteiger partial charge in [-0.3, -0.25) is 0 Å². The first kappa shape index (κ1) is 12.9. The second-order valence-corrected chi connectivity index (χ2v) is 5.04. The maximum atomic E-state index is 2.32. The van der Waals surface area contributed by atoms with Crippen LogP contribution in [0.25, 0.3) is 0 Å². The Labute approximate surface area is 110 Å². The summed E-state index contributed by atoms with van der Waals surface area (Å²) in [4.78, 5) is 0. The van der Waals surface area contributed by atoms with Crippen LogP contribution in [0.4, 0.5) is 0 Å². The van der Waals surface area contributed by atoms with E-state index in [2.05, 4.69) is 29.1 Å². The van der Waals surface area contributed by atoms with Gasteiger partial charge in [-0.15, -0.1) is 0 Å². The second kappa shape index (κ2) is 7.75. The number of rotatable bonds is 2. The molecule has 0 saturated heterocycles. The summed E-state index contributed by atoms with van der Waals surface area (Å²) >= 11 is 0. The van der Waals surface area contributed by atoms with Crippen molar-refractivity contribution in [2.75, 3.05) is 0 Å². The Morgan fingerprint density at radius 2 is 1.17 bits per heavy atom. The van der Waals surface area contributed by atoms with Crippen molar-refractivity contribution >= 4 is 0 Å². The SMILES string of the molecule is c1ccccc1.c1ccn(CC2CCCCC2)c1. The predicted octanol–water partition coefficient (Wildman–Crippen LogP) is 4.76. The zero-order chi connectivity index (χ0) is 12.5. The Morgan fingerprint density at radius 3 is 1.67 bits per heavy atom. The Kier molecular flexibility index (Phi) is 5.58. The van der Waals surface area contributed by atoms with Crippen LogP contribution in [0.1, 0.15) is 32.1 Å². The van der Waals surface area contributed by atoms with Gasteiger partial charge in [0.05, 0.1) is 0 Å². The third-order valence-electron chi connectivity index (χ3n) is 3.53. The van der Waals surface area contributed by atoms with Crippen molar-refractivity contribution in [2.24, 2.45) is 5.92 Å². The standard InChI is InChI=1S/C11H17N.C6H6/c1-2-6-11(7-3-1)10-12-8-4-5-9-12;1-2-4-6-5-3-1/h4-5,8-9,11H,1-3,6-7,10H2;1-6H. The zero-order valence-electron chi connectivity index (χ0n) is 11.0. The van der Waals surface area contributed by atoms with Crippen LogP contribution in [0.15, 0.2) is 60.9 Å². The molecule has 0 amide bonds. The fraction of sp³-hybridized carbons (Fsp3) is 0.412. The van der Waals surface area contributed by atoms with E-state index < -0.39 is 0 Å². The van der Waals surface area contributed by atoms with Gasteiger partial charge in [-0.05, 0) is 30.9 Å². The van der Waals surface area contributed by atoms with E-state index in [1.807, 2.05) is 36.4 Å². The van der Waals surface area contributed by atoms with Gasteiger partial charge < -0.3 is 4.57 Å². The Bertz CT molecular complexity index is 358. The molecule has 0 aliphatic heterocycles. The molecular formula is C17H23N. The monoisotopic (exact) mass is 241 g/mol. The molecule has 0 N–H and O–H groups in total. The van der Waals surface area contributed by atoms with Crippen molar-refractivity contribution in [3.05, 3.63) is 60.9 Å². The highest BCUT2D eigenvalue weighted by Crippen LogP contribution is 2.24.